The van der Waals surface area contributed by atoms with E-state index in [1.807, 2.05) is 85.3 Å². The SMILES string of the molecule is CC(C)c1cc(-c2ccc3c(c2)oc2ccccc23)cc(C(C)C)c1-n1ccnc1-c1[c-]ccc2c1oc1c3ccc(-c4ccccc4)cc3ccc21.[Ir+3].[c-]1ccccc1-c1ccc(CCc2cccc(CCc3cc[c-]c(-c4ccccn4)c3)c2)cn1. The number of furan rings is 2. The molecule has 0 atom stereocenters. The van der Waals surface area contributed by atoms with Gasteiger partial charge in [-0.1, -0.05) is 166 Å². The Morgan fingerprint density at radius 1 is 0.409 bits per heavy atom. The van der Waals surface area contributed by atoms with E-state index in [1.54, 1.807) is 0 Å². The van der Waals surface area contributed by atoms with Crippen molar-refractivity contribution in [1.82, 2.24) is 19.5 Å². The molecule has 6 nitrogen and oxygen atoms in total. The molecule has 0 spiro atoms. The summed E-state index contributed by atoms with van der Waals surface area (Å²) in [7, 11) is 0. The molecular formula is C81H63IrN4O2. The van der Waals surface area contributed by atoms with Crippen molar-refractivity contribution in [3.8, 4) is 61.8 Å². The summed E-state index contributed by atoms with van der Waals surface area (Å²) >= 11 is 0. The molecule has 88 heavy (non-hydrogen) atoms. The van der Waals surface area contributed by atoms with E-state index in [9.17, 15) is 0 Å². The van der Waals surface area contributed by atoms with Crippen LogP contribution in [0.5, 0.6) is 0 Å². The van der Waals surface area contributed by atoms with Crippen LogP contribution in [0.15, 0.2) is 258 Å². The first-order chi connectivity index (χ1) is 42.8. The molecule has 0 aliphatic heterocycles. The van der Waals surface area contributed by atoms with Gasteiger partial charge in [0.1, 0.15) is 16.7 Å². The molecule has 10 aromatic carbocycles. The van der Waals surface area contributed by atoms with Gasteiger partial charge in [-0.25, -0.2) is 0 Å². The van der Waals surface area contributed by atoms with Crippen LogP contribution in [0.3, 0.4) is 0 Å². The number of benzene rings is 10. The van der Waals surface area contributed by atoms with Gasteiger partial charge in [-0.05, 0) is 147 Å². The van der Waals surface area contributed by atoms with E-state index >= 15 is 0 Å². The summed E-state index contributed by atoms with van der Waals surface area (Å²) < 4.78 is 15.4. The van der Waals surface area contributed by atoms with Gasteiger partial charge in [-0.3, -0.25) is 4.98 Å². The second kappa shape index (κ2) is 25.3. The van der Waals surface area contributed by atoms with Crippen LogP contribution in [-0.2, 0) is 45.8 Å². The standard InChI is InChI=1S/C49H37N2O2.C32H26N2.Ir/c1-29(2)42-26-35(33-18-21-38-37-13-8-9-16-44(37)52-45(38)28-33)27-43(30(3)4)46(42)51-24-23-50-49(51)41-15-10-14-39-40-22-19-34-25-32(31-11-6-5-7-12-31)17-20-36(34)47(40)53-48(39)41;1-2-11-29(12-3-1)32-20-19-28(24-34-32)18-17-26-9-6-8-25(22-26)15-16-27-10-7-13-30(23-27)31-14-4-5-21-33-31;/h5-14,16-30H,1-4H3;1-11,14,19-24H,15-18H2;/q-1;-2;+3. The number of pyridine rings is 2. The van der Waals surface area contributed by atoms with Gasteiger partial charge < -0.3 is 23.4 Å². The Kier molecular flexibility index (Phi) is 16.5. The number of hydrogen-bond donors (Lipinski definition) is 0. The van der Waals surface area contributed by atoms with Crippen LogP contribution >= 0.6 is 0 Å². The van der Waals surface area contributed by atoms with Crippen LogP contribution in [0.1, 0.15) is 72.9 Å². The number of para-hydroxylation sites is 1. The van der Waals surface area contributed by atoms with Gasteiger partial charge in [-0.2, -0.15) is 0 Å². The quantitative estimate of drug-likeness (QED) is 0.101. The normalized spacial score (nSPS) is 11.5. The van der Waals surface area contributed by atoms with Crippen molar-refractivity contribution in [1.29, 1.82) is 0 Å². The van der Waals surface area contributed by atoms with Gasteiger partial charge in [0.2, 0.25) is 0 Å². The van der Waals surface area contributed by atoms with Gasteiger partial charge in [0, 0.05) is 52.0 Å². The number of rotatable bonds is 14. The topological polar surface area (TPSA) is 69.9 Å². The average molecular weight is 1320 g/mol. The molecule has 0 aliphatic carbocycles. The molecule has 0 unspecified atom stereocenters. The molecule has 0 radical (unpaired) electrons. The van der Waals surface area contributed by atoms with Crippen LogP contribution in [0.2, 0.25) is 0 Å². The first-order valence-electron chi connectivity index (χ1n) is 30.2. The second-order valence-corrected chi connectivity index (χ2v) is 23.2. The van der Waals surface area contributed by atoms with Crippen molar-refractivity contribution in [2.24, 2.45) is 0 Å². The van der Waals surface area contributed by atoms with Crippen LogP contribution in [0, 0.1) is 18.2 Å². The molecule has 0 saturated heterocycles. The monoisotopic (exact) mass is 1320 g/mol. The number of nitrogens with zero attached hydrogens (tertiary/aromatic N) is 4. The van der Waals surface area contributed by atoms with E-state index in [4.69, 9.17) is 13.8 Å². The van der Waals surface area contributed by atoms with Crippen molar-refractivity contribution in [3.05, 3.63) is 301 Å². The second-order valence-electron chi connectivity index (χ2n) is 23.2. The van der Waals surface area contributed by atoms with Crippen molar-refractivity contribution in [2.45, 2.75) is 65.2 Å². The Labute approximate surface area is 527 Å². The van der Waals surface area contributed by atoms with E-state index in [-0.39, 0.29) is 31.9 Å². The Morgan fingerprint density at radius 2 is 1.08 bits per heavy atom. The summed E-state index contributed by atoms with van der Waals surface area (Å²) in [5, 5.41) is 6.66. The van der Waals surface area contributed by atoms with Crippen molar-refractivity contribution in [2.75, 3.05) is 0 Å². The number of imidazole rings is 1. The largest absolute Gasteiger partial charge is 3.00 e. The van der Waals surface area contributed by atoms with Gasteiger partial charge >= 0.3 is 20.1 Å². The molecular weight excluding hydrogens is 1250 g/mol. The molecule has 0 N–H and O–H groups in total. The summed E-state index contributed by atoms with van der Waals surface area (Å²) in [6, 6.07) is 88.8. The minimum Gasteiger partial charge on any atom is -0.500 e. The first kappa shape index (κ1) is 57.3. The summed E-state index contributed by atoms with van der Waals surface area (Å²) in [6.45, 7) is 9.08. The zero-order valence-corrected chi connectivity index (χ0v) is 52.0. The maximum Gasteiger partial charge on any atom is 3.00 e. The van der Waals surface area contributed by atoms with E-state index in [0.29, 0.717) is 0 Å². The van der Waals surface area contributed by atoms with Gasteiger partial charge in [-0.15, -0.1) is 89.5 Å². The van der Waals surface area contributed by atoms with Gasteiger partial charge in [0.25, 0.3) is 0 Å². The van der Waals surface area contributed by atoms with Crippen LogP contribution in [-0.4, -0.2) is 19.5 Å². The predicted octanol–water partition coefficient (Wildman–Crippen LogP) is 20.9. The number of aromatic nitrogens is 4. The summed E-state index contributed by atoms with van der Waals surface area (Å²) in [5.41, 5.74) is 22.1. The Hall–Kier alpha value is -9.78. The van der Waals surface area contributed by atoms with E-state index < -0.39 is 0 Å². The molecule has 0 saturated carbocycles. The van der Waals surface area contributed by atoms with Gasteiger partial charge in [0.15, 0.2) is 0 Å². The number of aryl methyl sites for hydroxylation is 4. The maximum absolute atomic E-state index is 6.85. The molecule has 428 valence electrons. The molecule has 15 aromatic rings. The van der Waals surface area contributed by atoms with Crippen molar-refractivity contribution < 1.29 is 28.9 Å². The third kappa shape index (κ3) is 11.7. The fourth-order valence-corrected chi connectivity index (χ4v) is 12.2. The van der Waals surface area contributed by atoms with Crippen LogP contribution < -0.4 is 0 Å². The first-order valence-corrected chi connectivity index (χ1v) is 30.2. The van der Waals surface area contributed by atoms with E-state index in [0.717, 1.165) is 125 Å². The zero-order valence-electron chi connectivity index (χ0n) is 49.6. The Balaban J connectivity index is 0.000000177. The third-order valence-corrected chi connectivity index (χ3v) is 16.8. The Bertz CT molecular complexity index is 4900. The fourth-order valence-electron chi connectivity index (χ4n) is 12.2. The van der Waals surface area contributed by atoms with E-state index in [1.165, 1.54) is 50.1 Å². The molecule has 0 bridgehead atoms. The summed E-state index contributed by atoms with van der Waals surface area (Å²) in [6.07, 6.45) is 11.8. The minimum atomic E-state index is 0. The van der Waals surface area contributed by atoms with Crippen LogP contribution in [0.25, 0.3) is 116 Å². The molecule has 0 fully saturated rings. The molecule has 15 rings (SSSR count). The average Bonchev–Trinajstić information content (AvgIpc) is 2.11. The minimum absolute atomic E-state index is 0. The summed E-state index contributed by atoms with van der Waals surface area (Å²) in [5.74, 6) is 1.32. The molecule has 0 aliphatic rings. The summed E-state index contributed by atoms with van der Waals surface area (Å²) in [4.78, 5) is 14.1. The smallest absolute Gasteiger partial charge is 0.500 e. The van der Waals surface area contributed by atoms with Crippen molar-refractivity contribution >= 4 is 54.6 Å². The third-order valence-electron chi connectivity index (χ3n) is 16.8. The molecule has 7 heteroatoms. The van der Waals surface area contributed by atoms with Gasteiger partial charge in [0.05, 0.1) is 11.4 Å². The maximum atomic E-state index is 6.85. The Morgan fingerprint density at radius 3 is 1.83 bits per heavy atom. The van der Waals surface area contributed by atoms with Crippen LogP contribution in [0.4, 0.5) is 0 Å². The molecule has 5 heterocycles. The van der Waals surface area contributed by atoms with Crippen molar-refractivity contribution in [3.63, 3.8) is 0 Å². The van der Waals surface area contributed by atoms with E-state index in [2.05, 4.69) is 224 Å². The fraction of sp³-hybridized carbons (Fsp3) is 0.123. The molecule has 5 aromatic heterocycles. The number of fused-ring (bicyclic) bond motifs is 8. The zero-order chi connectivity index (χ0) is 58.8. The number of hydrogen-bond acceptors (Lipinski definition) is 5. The molecule has 0 amide bonds. The predicted molar refractivity (Wildman–Crippen MR) is 357 cm³/mol.